The van der Waals surface area contributed by atoms with E-state index in [9.17, 15) is 4.79 Å². The van der Waals surface area contributed by atoms with Gasteiger partial charge in [0.2, 0.25) is 0 Å². The lowest BCUT2D eigenvalue weighted by atomic mass is 10.1. The van der Waals surface area contributed by atoms with E-state index in [1.165, 1.54) is 5.56 Å². The number of rotatable bonds is 6. The molecule has 0 saturated heterocycles. The molecule has 2 aromatic rings. The van der Waals surface area contributed by atoms with Crippen LogP contribution >= 0.6 is 0 Å². The van der Waals surface area contributed by atoms with Crippen LogP contribution in [0, 0.1) is 6.92 Å². The lowest BCUT2D eigenvalue weighted by Gasteiger charge is -2.08. The number of amides is 1. The first kappa shape index (κ1) is 15.1. The Balaban J connectivity index is 1.81. The van der Waals surface area contributed by atoms with Gasteiger partial charge in [-0.3, -0.25) is 4.79 Å². The normalized spacial score (nSPS) is 10.2. The number of hydrogen-bond acceptors (Lipinski definition) is 2. The van der Waals surface area contributed by atoms with Crippen LogP contribution in [-0.4, -0.2) is 12.5 Å². The number of ether oxygens (including phenoxy) is 1. The highest BCUT2D eigenvalue weighted by Crippen LogP contribution is 2.14. The fourth-order valence-corrected chi connectivity index (χ4v) is 2.02. The standard InChI is InChI=1S/C18H21NO2/c1-3-4-15-7-11-17(12-8-15)21-13-18(20)19-16-9-5-14(2)6-10-16/h5-12H,3-4,13H2,1-2H3,(H,19,20). The summed E-state index contributed by atoms with van der Waals surface area (Å²) in [4.78, 5) is 11.8. The average Bonchev–Trinajstić information content (AvgIpc) is 2.49. The highest BCUT2D eigenvalue weighted by atomic mass is 16.5. The monoisotopic (exact) mass is 283 g/mol. The molecule has 0 aliphatic carbocycles. The van der Waals surface area contributed by atoms with E-state index in [1.807, 2.05) is 55.5 Å². The third kappa shape index (κ3) is 4.95. The van der Waals surface area contributed by atoms with E-state index in [-0.39, 0.29) is 12.5 Å². The van der Waals surface area contributed by atoms with Gasteiger partial charge in [-0.2, -0.15) is 0 Å². The highest BCUT2D eigenvalue weighted by Gasteiger charge is 2.03. The van der Waals surface area contributed by atoms with Gasteiger partial charge in [0.25, 0.3) is 5.91 Å². The summed E-state index contributed by atoms with van der Waals surface area (Å²) in [7, 11) is 0. The van der Waals surface area contributed by atoms with Crippen molar-refractivity contribution in [3.8, 4) is 5.75 Å². The van der Waals surface area contributed by atoms with Crippen molar-refractivity contribution in [1.29, 1.82) is 0 Å². The molecule has 1 N–H and O–H groups in total. The van der Waals surface area contributed by atoms with Crippen molar-refractivity contribution < 1.29 is 9.53 Å². The maximum atomic E-state index is 11.8. The molecule has 0 aromatic heterocycles. The zero-order valence-corrected chi connectivity index (χ0v) is 12.6. The largest absolute Gasteiger partial charge is 0.484 e. The molecular weight excluding hydrogens is 262 g/mol. The van der Waals surface area contributed by atoms with Crippen LogP contribution in [0.1, 0.15) is 24.5 Å². The van der Waals surface area contributed by atoms with Crippen molar-refractivity contribution in [2.24, 2.45) is 0 Å². The molecule has 0 spiro atoms. The second-order valence-corrected chi connectivity index (χ2v) is 5.10. The molecule has 3 nitrogen and oxygen atoms in total. The van der Waals surface area contributed by atoms with Gasteiger partial charge in [0.05, 0.1) is 0 Å². The first-order chi connectivity index (χ1) is 10.2. The van der Waals surface area contributed by atoms with Gasteiger partial charge in [0.1, 0.15) is 5.75 Å². The quantitative estimate of drug-likeness (QED) is 0.871. The van der Waals surface area contributed by atoms with Gasteiger partial charge >= 0.3 is 0 Å². The van der Waals surface area contributed by atoms with Crippen LogP contribution in [0.25, 0.3) is 0 Å². The summed E-state index contributed by atoms with van der Waals surface area (Å²) in [5, 5.41) is 2.81. The van der Waals surface area contributed by atoms with Gasteiger partial charge in [-0.25, -0.2) is 0 Å². The van der Waals surface area contributed by atoms with Gasteiger partial charge < -0.3 is 10.1 Å². The van der Waals surface area contributed by atoms with E-state index in [0.29, 0.717) is 5.75 Å². The maximum absolute atomic E-state index is 11.8. The molecule has 0 fully saturated rings. The highest BCUT2D eigenvalue weighted by molar-refractivity contribution is 5.91. The Morgan fingerprint density at radius 1 is 1.05 bits per heavy atom. The van der Waals surface area contributed by atoms with Crippen LogP contribution in [0.2, 0.25) is 0 Å². The Morgan fingerprint density at radius 2 is 1.71 bits per heavy atom. The Morgan fingerprint density at radius 3 is 2.33 bits per heavy atom. The molecular formula is C18H21NO2. The number of carbonyl (C=O) groups excluding carboxylic acids is 1. The predicted molar refractivity (Wildman–Crippen MR) is 85.7 cm³/mol. The summed E-state index contributed by atoms with van der Waals surface area (Å²) in [6.45, 7) is 4.18. The minimum Gasteiger partial charge on any atom is -0.484 e. The molecule has 0 saturated carbocycles. The van der Waals surface area contributed by atoms with Crippen LogP contribution in [0.5, 0.6) is 5.75 Å². The number of hydrogen-bond donors (Lipinski definition) is 1. The Kier molecular flexibility index (Phi) is 5.38. The van der Waals surface area contributed by atoms with E-state index < -0.39 is 0 Å². The maximum Gasteiger partial charge on any atom is 0.262 e. The van der Waals surface area contributed by atoms with Crippen molar-refractivity contribution in [2.45, 2.75) is 26.7 Å². The Labute approximate surface area is 126 Å². The van der Waals surface area contributed by atoms with Gasteiger partial charge in [0, 0.05) is 5.69 Å². The zero-order valence-electron chi connectivity index (χ0n) is 12.6. The summed E-state index contributed by atoms with van der Waals surface area (Å²) >= 11 is 0. The molecule has 2 aromatic carbocycles. The molecule has 110 valence electrons. The zero-order chi connectivity index (χ0) is 15.1. The minimum atomic E-state index is -0.156. The van der Waals surface area contributed by atoms with Crippen LogP contribution in [0.3, 0.4) is 0 Å². The number of anilines is 1. The molecule has 2 rings (SSSR count). The van der Waals surface area contributed by atoms with Crippen molar-refractivity contribution in [1.82, 2.24) is 0 Å². The molecule has 0 aliphatic heterocycles. The fourth-order valence-electron chi connectivity index (χ4n) is 2.02. The molecule has 21 heavy (non-hydrogen) atoms. The van der Waals surface area contributed by atoms with E-state index in [1.54, 1.807) is 0 Å². The molecule has 0 bridgehead atoms. The van der Waals surface area contributed by atoms with Crippen LogP contribution in [0.4, 0.5) is 5.69 Å². The van der Waals surface area contributed by atoms with Crippen molar-refractivity contribution in [3.05, 3.63) is 59.7 Å². The molecule has 0 heterocycles. The number of aryl methyl sites for hydroxylation is 2. The van der Waals surface area contributed by atoms with Crippen molar-refractivity contribution >= 4 is 11.6 Å². The molecule has 3 heteroatoms. The average molecular weight is 283 g/mol. The molecule has 0 unspecified atom stereocenters. The summed E-state index contributed by atoms with van der Waals surface area (Å²) in [6, 6.07) is 15.6. The molecule has 0 aliphatic rings. The number of nitrogens with one attached hydrogen (secondary N) is 1. The van der Waals surface area contributed by atoms with Gasteiger partial charge in [0.15, 0.2) is 6.61 Å². The topological polar surface area (TPSA) is 38.3 Å². The second-order valence-electron chi connectivity index (χ2n) is 5.10. The number of carbonyl (C=O) groups is 1. The first-order valence-corrected chi connectivity index (χ1v) is 7.25. The van der Waals surface area contributed by atoms with E-state index in [4.69, 9.17) is 4.74 Å². The lowest BCUT2D eigenvalue weighted by molar-refractivity contribution is -0.118. The number of benzene rings is 2. The summed E-state index contributed by atoms with van der Waals surface area (Å²) in [5.74, 6) is 0.561. The summed E-state index contributed by atoms with van der Waals surface area (Å²) in [5.41, 5.74) is 3.23. The summed E-state index contributed by atoms with van der Waals surface area (Å²) in [6.07, 6.45) is 2.19. The lowest BCUT2D eigenvalue weighted by Crippen LogP contribution is -2.20. The molecule has 1 amide bonds. The Bertz CT molecular complexity index is 573. The fraction of sp³-hybridized carbons (Fsp3) is 0.278. The van der Waals surface area contributed by atoms with E-state index in [0.717, 1.165) is 24.1 Å². The summed E-state index contributed by atoms with van der Waals surface area (Å²) < 4.78 is 5.48. The van der Waals surface area contributed by atoms with E-state index in [2.05, 4.69) is 12.2 Å². The van der Waals surface area contributed by atoms with Gasteiger partial charge in [-0.15, -0.1) is 0 Å². The van der Waals surface area contributed by atoms with Crippen molar-refractivity contribution in [3.63, 3.8) is 0 Å². The third-order valence-corrected chi connectivity index (χ3v) is 3.17. The Hall–Kier alpha value is -2.29. The second kappa shape index (κ2) is 7.48. The molecule has 0 radical (unpaired) electrons. The third-order valence-electron chi connectivity index (χ3n) is 3.17. The van der Waals surface area contributed by atoms with Gasteiger partial charge in [-0.1, -0.05) is 43.2 Å². The first-order valence-electron chi connectivity index (χ1n) is 7.25. The van der Waals surface area contributed by atoms with Crippen LogP contribution < -0.4 is 10.1 Å². The van der Waals surface area contributed by atoms with Crippen LogP contribution in [-0.2, 0) is 11.2 Å². The van der Waals surface area contributed by atoms with E-state index >= 15 is 0 Å². The van der Waals surface area contributed by atoms with Gasteiger partial charge in [-0.05, 0) is 43.2 Å². The predicted octanol–water partition coefficient (Wildman–Crippen LogP) is 3.97. The smallest absolute Gasteiger partial charge is 0.262 e. The minimum absolute atomic E-state index is 0.0149. The molecule has 0 atom stereocenters. The SMILES string of the molecule is CCCc1ccc(OCC(=O)Nc2ccc(C)cc2)cc1. The van der Waals surface area contributed by atoms with Crippen LogP contribution in [0.15, 0.2) is 48.5 Å². The van der Waals surface area contributed by atoms with Crippen molar-refractivity contribution in [2.75, 3.05) is 11.9 Å².